The van der Waals surface area contributed by atoms with E-state index in [1.54, 1.807) is 0 Å². The minimum Gasteiger partial charge on any atom is -0.384 e. The van der Waals surface area contributed by atoms with E-state index in [2.05, 4.69) is 22.0 Å². The van der Waals surface area contributed by atoms with Gasteiger partial charge in [0, 0.05) is 4.47 Å². The van der Waals surface area contributed by atoms with Crippen molar-refractivity contribution >= 4 is 27.5 Å². The van der Waals surface area contributed by atoms with Crippen molar-refractivity contribution in [2.45, 2.75) is 38.2 Å². The molecule has 92 valence electrons. The molecule has 0 aromatic heterocycles. The minimum absolute atomic E-state index is 0.501. The standard InChI is InChI=1S/C14H16BrClO/c15-12-8-7-11(9-13(12)16)14(17)10-5-3-1-2-4-6-10/h5,7-9,14,17H,1-4,6H2. The fraction of sp³-hybridized carbons (Fsp3) is 0.429. The van der Waals surface area contributed by atoms with Crippen molar-refractivity contribution in [2.24, 2.45) is 0 Å². The molecule has 0 aliphatic heterocycles. The van der Waals surface area contributed by atoms with Gasteiger partial charge in [-0.2, -0.15) is 0 Å². The third kappa shape index (κ3) is 3.34. The quantitative estimate of drug-likeness (QED) is 0.759. The monoisotopic (exact) mass is 314 g/mol. The molecule has 3 heteroatoms. The number of aliphatic hydroxyl groups is 1. The van der Waals surface area contributed by atoms with Crippen molar-refractivity contribution < 1.29 is 5.11 Å². The normalized spacial score (nSPS) is 18.4. The van der Waals surface area contributed by atoms with Gasteiger partial charge in [0.05, 0.1) is 5.02 Å². The molecule has 0 heterocycles. The second kappa shape index (κ2) is 6.03. The Labute approximate surface area is 116 Å². The van der Waals surface area contributed by atoms with Crippen LogP contribution in [0.4, 0.5) is 0 Å². The summed E-state index contributed by atoms with van der Waals surface area (Å²) in [6.07, 6.45) is 7.43. The number of benzene rings is 1. The summed E-state index contributed by atoms with van der Waals surface area (Å²) in [6.45, 7) is 0. The summed E-state index contributed by atoms with van der Waals surface area (Å²) in [5.41, 5.74) is 2.02. The molecule has 17 heavy (non-hydrogen) atoms. The zero-order chi connectivity index (χ0) is 12.3. The molecule has 0 amide bonds. The molecule has 0 saturated carbocycles. The van der Waals surface area contributed by atoms with E-state index in [1.807, 2.05) is 18.2 Å². The molecule has 1 N–H and O–H groups in total. The van der Waals surface area contributed by atoms with Crippen LogP contribution in [-0.4, -0.2) is 5.11 Å². The maximum absolute atomic E-state index is 10.3. The molecule has 0 fully saturated rings. The number of rotatable bonds is 2. The highest BCUT2D eigenvalue weighted by Crippen LogP contribution is 2.32. The van der Waals surface area contributed by atoms with E-state index >= 15 is 0 Å². The fourth-order valence-corrected chi connectivity index (χ4v) is 2.62. The van der Waals surface area contributed by atoms with Crippen LogP contribution >= 0.6 is 27.5 Å². The molecular formula is C14H16BrClO. The van der Waals surface area contributed by atoms with Gasteiger partial charge in [0.25, 0.3) is 0 Å². The third-order valence-corrected chi connectivity index (χ3v) is 4.42. The van der Waals surface area contributed by atoms with Crippen LogP contribution in [0.2, 0.25) is 5.02 Å². The van der Waals surface area contributed by atoms with E-state index in [0.29, 0.717) is 5.02 Å². The van der Waals surface area contributed by atoms with E-state index in [9.17, 15) is 5.11 Å². The average Bonchev–Trinajstić information content (AvgIpc) is 2.60. The van der Waals surface area contributed by atoms with Gasteiger partial charge in [0.2, 0.25) is 0 Å². The second-order valence-corrected chi connectivity index (χ2v) is 5.72. The lowest BCUT2D eigenvalue weighted by Crippen LogP contribution is -2.01. The van der Waals surface area contributed by atoms with Crippen LogP contribution < -0.4 is 0 Å². The Bertz CT molecular complexity index is 428. The van der Waals surface area contributed by atoms with Crippen LogP contribution in [-0.2, 0) is 0 Å². The number of hydrogen-bond donors (Lipinski definition) is 1. The van der Waals surface area contributed by atoms with Crippen LogP contribution in [0.25, 0.3) is 0 Å². The van der Waals surface area contributed by atoms with Crippen molar-refractivity contribution in [3.8, 4) is 0 Å². The first-order valence-corrected chi connectivity index (χ1v) is 7.17. The summed E-state index contributed by atoms with van der Waals surface area (Å²) in [7, 11) is 0. The van der Waals surface area contributed by atoms with Crippen LogP contribution in [0.5, 0.6) is 0 Å². The molecule has 1 aromatic carbocycles. The van der Waals surface area contributed by atoms with Crippen molar-refractivity contribution in [1.82, 2.24) is 0 Å². The van der Waals surface area contributed by atoms with Crippen LogP contribution in [0.3, 0.4) is 0 Å². The average molecular weight is 316 g/mol. The molecule has 0 radical (unpaired) electrons. The van der Waals surface area contributed by atoms with Crippen molar-refractivity contribution in [2.75, 3.05) is 0 Å². The van der Waals surface area contributed by atoms with Gasteiger partial charge in [-0.3, -0.25) is 0 Å². The summed E-state index contributed by atoms with van der Waals surface area (Å²) in [5, 5.41) is 11.0. The summed E-state index contributed by atoms with van der Waals surface area (Å²) in [6, 6.07) is 5.65. The SMILES string of the molecule is OC(C1=CCCCCC1)c1ccc(Br)c(Cl)c1. The van der Waals surface area contributed by atoms with Crippen LogP contribution in [0, 0.1) is 0 Å². The van der Waals surface area contributed by atoms with E-state index in [-0.39, 0.29) is 0 Å². The van der Waals surface area contributed by atoms with Gasteiger partial charge >= 0.3 is 0 Å². The molecule has 1 aliphatic carbocycles. The smallest absolute Gasteiger partial charge is 0.100 e. The van der Waals surface area contributed by atoms with Crippen LogP contribution in [0.1, 0.15) is 43.8 Å². The molecule has 0 saturated heterocycles. The number of aliphatic hydroxyl groups excluding tert-OH is 1. The summed E-state index contributed by atoms with van der Waals surface area (Å²) in [4.78, 5) is 0. The first-order chi connectivity index (χ1) is 8.18. The Kier molecular flexibility index (Phi) is 4.66. The third-order valence-electron chi connectivity index (χ3n) is 3.19. The molecule has 1 aromatic rings. The molecule has 0 spiro atoms. The van der Waals surface area contributed by atoms with Gasteiger partial charge in [-0.1, -0.05) is 30.2 Å². The summed E-state index contributed by atoms with van der Waals surface area (Å²) < 4.78 is 0.866. The highest BCUT2D eigenvalue weighted by molar-refractivity contribution is 9.10. The van der Waals surface area contributed by atoms with E-state index in [4.69, 9.17) is 11.6 Å². The minimum atomic E-state index is -0.501. The van der Waals surface area contributed by atoms with Gasteiger partial charge in [-0.05, 0) is 64.9 Å². The number of halogens is 2. The fourth-order valence-electron chi connectivity index (χ4n) is 2.18. The number of hydrogen-bond acceptors (Lipinski definition) is 1. The van der Waals surface area contributed by atoms with Gasteiger partial charge in [0.15, 0.2) is 0 Å². The summed E-state index contributed by atoms with van der Waals surface area (Å²) >= 11 is 9.41. The number of allylic oxidation sites excluding steroid dienone is 1. The molecule has 2 rings (SSSR count). The van der Waals surface area contributed by atoms with Gasteiger partial charge in [-0.15, -0.1) is 0 Å². The Balaban J connectivity index is 2.20. The van der Waals surface area contributed by atoms with Crippen molar-refractivity contribution in [3.63, 3.8) is 0 Å². The van der Waals surface area contributed by atoms with E-state index in [1.165, 1.54) is 19.3 Å². The topological polar surface area (TPSA) is 20.2 Å². The van der Waals surface area contributed by atoms with Crippen molar-refractivity contribution in [1.29, 1.82) is 0 Å². The largest absolute Gasteiger partial charge is 0.384 e. The first kappa shape index (κ1) is 13.1. The maximum Gasteiger partial charge on any atom is 0.100 e. The molecule has 1 nitrogen and oxygen atoms in total. The lowest BCUT2D eigenvalue weighted by atomic mass is 9.98. The molecular weight excluding hydrogens is 300 g/mol. The van der Waals surface area contributed by atoms with E-state index < -0.39 is 6.10 Å². The molecule has 1 atom stereocenters. The highest BCUT2D eigenvalue weighted by Gasteiger charge is 2.15. The lowest BCUT2D eigenvalue weighted by Gasteiger charge is -2.15. The van der Waals surface area contributed by atoms with Gasteiger partial charge < -0.3 is 5.11 Å². The molecule has 0 bridgehead atoms. The molecule has 1 unspecified atom stereocenters. The Morgan fingerprint density at radius 1 is 1.24 bits per heavy atom. The second-order valence-electron chi connectivity index (χ2n) is 4.45. The molecule has 1 aliphatic rings. The van der Waals surface area contributed by atoms with Crippen LogP contribution in [0.15, 0.2) is 34.3 Å². The first-order valence-electron chi connectivity index (χ1n) is 6.00. The maximum atomic E-state index is 10.3. The highest BCUT2D eigenvalue weighted by atomic mass is 79.9. The summed E-state index contributed by atoms with van der Waals surface area (Å²) in [5.74, 6) is 0. The van der Waals surface area contributed by atoms with Crippen molar-refractivity contribution in [3.05, 3.63) is 44.9 Å². The Morgan fingerprint density at radius 3 is 2.82 bits per heavy atom. The predicted octanol–water partition coefficient (Wildman–Crippen LogP) is 5.03. The zero-order valence-corrected chi connectivity index (χ0v) is 12.0. The zero-order valence-electron chi connectivity index (χ0n) is 9.63. The Morgan fingerprint density at radius 2 is 2.06 bits per heavy atom. The predicted molar refractivity (Wildman–Crippen MR) is 75.3 cm³/mol. The lowest BCUT2D eigenvalue weighted by molar-refractivity contribution is 0.210. The Hall–Kier alpha value is -0.310. The van der Waals surface area contributed by atoms with E-state index in [0.717, 1.165) is 28.5 Å². The van der Waals surface area contributed by atoms with Gasteiger partial charge in [0.1, 0.15) is 6.10 Å². The van der Waals surface area contributed by atoms with Gasteiger partial charge in [-0.25, -0.2) is 0 Å².